The van der Waals surface area contributed by atoms with Crippen molar-refractivity contribution in [2.45, 2.75) is 65.1 Å². The minimum absolute atomic E-state index is 0.0105. The summed E-state index contributed by atoms with van der Waals surface area (Å²) in [4.78, 5) is 0. The van der Waals surface area contributed by atoms with Crippen LogP contribution in [0.1, 0.15) is 34.6 Å². The van der Waals surface area contributed by atoms with Crippen LogP contribution in [0.4, 0.5) is 0 Å². The van der Waals surface area contributed by atoms with Gasteiger partial charge in [-0.25, -0.2) is 0 Å². The molecule has 5 unspecified atom stereocenters. The lowest BCUT2D eigenvalue weighted by Crippen LogP contribution is -2.28. The monoisotopic (exact) mass is 322 g/mol. The van der Waals surface area contributed by atoms with Gasteiger partial charge in [-0.05, 0) is 34.6 Å². The fourth-order valence-electron chi connectivity index (χ4n) is 1.46. The fourth-order valence-corrected chi connectivity index (χ4v) is 1.46. The summed E-state index contributed by atoms with van der Waals surface area (Å²) < 4.78 is 27.5. The second kappa shape index (κ2) is 13.2. The van der Waals surface area contributed by atoms with E-state index in [1.54, 1.807) is 7.11 Å². The minimum Gasteiger partial charge on any atom is -0.394 e. The lowest BCUT2D eigenvalue weighted by atomic mass is 10.3. The van der Waals surface area contributed by atoms with Crippen molar-refractivity contribution < 1.29 is 28.8 Å². The zero-order chi connectivity index (χ0) is 17.0. The van der Waals surface area contributed by atoms with E-state index in [0.29, 0.717) is 26.4 Å². The van der Waals surface area contributed by atoms with Gasteiger partial charge >= 0.3 is 0 Å². The summed E-state index contributed by atoms with van der Waals surface area (Å²) in [5, 5.41) is 8.88. The molecule has 0 saturated heterocycles. The molecule has 0 aliphatic rings. The van der Waals surface area contributed by atoms with Crippen LogP contribution < -0.4 is 0 Å². The summed E-state index contributed by atoms with van der Waals surface area (Å²) in [7, 11) is 1.67. The molecule has 5 atom stereocenters. The first-order chi connectivity index (χ1) is 10.4. The van der Waals surface area contributed by atoms with Crippen molar-refractivity contribution in [3.8, 4) is 0 Å². The number of aliphatic hydroxyl groups excluding tert-OH is 1. The van der Waals surface area contributed by atoms with Crippen LogP contribution in [0.15, 0.2) is 0 Å². The average molecular weight is 322 g/mol. The van der Waals surface area contributed by atoms with Crippen molar-refractivity contribution in [1.29, 1.82) is 0 Å². The molecular formula is C16H34O6. The van der Waals surface area contributed by atoms with Crippen LogP contribution >= 0.6 is 0 Å². The Morgan fingerprint density at radius 2 is 0.909 bits per heavy atom. The highest BCUT2D eigenvalue weighted by Crippen LogP contribution is 2.02. The summed E-state index contributed by atoms with van der Waals surface area (Å²) in [5.41, 5.74) is 0. The van der Waals surface area contributed by atoms with Crippen LogP contribution in [-0.4, -0.2) is 75.8 Å². The Bertz CT molecular complexity index is 227. The van der Waals surface area contributed by atoms with E-state index in [1.165, 1.54) is 0 Å². The number of rotatable bonds is 14. The second-order valence-corrected chi connectivity index (χ2v) is 5.80. The summed E-state index contributed by atoms with van der Waals surface area (Å²) in [6.07, 6.45) is -0.0938. The van der Waals surface area contributed by atoms with Gasteiger partial charge in [0.25, 0.3) is 0 Å². The number of methoxy groups -OCH3 is 1. The molecule has 0 spiro atoms. The van der Waals surface area contributed by atoms with Gasteiger partial charge in [-0.1, -0.05) is 0 Å². The van der Waals surface area contributed by atoms with Gasteiger partial charge < -0.3 is 28.8 Å². The Balaban J connectivity index is 3.65. The summed E-state index contributed by atoms with van der Waals surface area (Å²) >= 11 is 0. The first-order valence-electron chi connectivity index (χ1n) is 7.99. The van der Waals surface area contributed by atoms with Crippen LogP contribution in [0.5, 0.6) is 0 Å². The number of hydrogen-bond acceptors (Lipinski definition) is 6. The normalized spacial score (nSPS) is 18.7. The maximum Gasteiger partial charge on any atom is 0.0781 e. The molecule has 0 saturated carbocycles. The van der Waals surface area contributed by atoms with E-state index in [1.807, 2.05) is 34.6 Å². The van der Waals surface area contributed by atoms with Crippen molar-refractivity contribution >= 4 is 0 Å². The van der Waals surface area contributed by atoms with E-state index >= 15 is 0 Å². The first kappa shape index (κ1) is 21.8. The molecule has 6 heteroatoms. The molecule has 0 amide bonds. The van der Waals surface area contributed by atoms with Gasteiger partial charge in [0.2, 0.25) is 0 Å². The molecule has 0 rings (SSSR count). The largest absolute Gasteiger partial charge is 0.394 e. The van der Waals surface area contributed by atoms with E-state index in [9.17, 15) is 0 Å². The van der Waals surface area contributed by atoms with Crippen LogP contribution in [0.3, 0.4) is 0 Å². The molecule has 0 heterocycles. The van der Waals surface area contributed by atoms with E-state index in [2.05, 4.69) is 0 Å². The van der Waals surface area contributed by atoms with Crippen LogP contribution in [0.2, 0.25) is 0 Å². The summed E-state index contributed by atoms with van der Waals surface area (Å²) in [6, 6.07) is 0. The maximum atomic E-state index is 8.88. The minimum atomic E-state index is -0.160. The Hall–Kier alpha value is -0.240. The third-order valence-electron chi connectivity index (χ3n) is 3.12. The molecule has 0 aliphatic carbocycles. The highest BCUT2D eigenvalue weighted by molar-refractivity contribution is 4.57. The molecule has 22 heavy (non-hydrogen) atoms. The zero-order valence-electron chi connectivity index (χ0n) is 14.9. The van der Waals surface area contributed by atoms with Crippen LogP contribution in [0.25, 0.3) is 0 Å². The average Bonchev–Trinajstić information content (AvgIpc) is 2.53. The highest BCUT2D eigenvalue weighted by atomic mass is 16.6. The quantitative estimate of drug-likeness (QED) is 0.524. The van der Waals surface area contributed by atoms with Crippen molar-refractivity contribution in [2.24, 2.45) is 0 Å². The van der Waals surface area contributed by atoms with E-state index in [-0.39, 0.29) is 37.1 Å². The van der Waals surface area contributed by atoms with Gasteiger partial charge in [0, 0.05) is 7.11 Å². The molecule has 6 nitrogen and oxygen atoms in total. The second-order valence-electron chi connectivity index (χ2n) is 5.80. The molecule has 0 aromatic carbocycles. The fraction of sp³-hybridized carbons (Fsp3) is 1.00. The van der Waals surface area contributed by atoms with Crippen molar-refractivity contribution in [1.82, 2.24) is 0 Å². The van der Waals surface area contributed by atoms with E-state index in [4.69, 9.17) is 28.8 Å². The topological polar surface area (TPSA) is 66.4 Å². The predicted molar refractivity (Wildman–Crippen MR) is 85.2 cm³/mol. The van der Waals surface area contributed by atoms with E-state index in [0.717, 1.165) is 0 Å². The molecule has 0 fully saturated rings. The lowest BCUT2D eigenvalue weighted by molar-refractivity contribution is -0.0953. The molecule has 134 valence electrons. The summed E-state index contributed by atoms with van der Waals surface area (Å²) in [5.74, 6) is 0. The van der Waals surface area contributed by atoms with Crippen molar-refractivity contribution in [3.63, 3.8) is 0 Å². The van der Waals surface area contributed by atoms with Crippen molar-refractivity contribution in [2.75, 3.05) is 40.1 Å². The van der Waals surface area contributed by atoms with Gasteiger partial charge in [0.05, 0.1) is 63.6 Å². The van der Waals surface area contributed by atoms with Gasteiger partial charge in [-0.3, -0.25) is 0 Å². The molecular weight excluding hydrogens is 288 g/mol. The third kappa shape index (κ3) is 12.3. The first-order valence-corrected chi connectivity index (χ1v) is 7.99. The molecule has 0 radical (unpaired) electrons. The number of hydrogen-bond donors (Lipinski definition) is 1. The molecule has 0 aliphatic heterocycles. The van der Waals surface area contributed by atoms with Gasteiger partial charge in [0.1, 0.15) is 0 Å². The third-order valence-corrected chi connectivity index (χ3v) is 3.12. The van der Waals surface area contributed by atoms with Crippen LogP contribution in [0, 0.1) is 0 Å². The molecule has 0 bridgehead atoms. The Labute approximate surface area is 135 Å². The predicted octanol–water partition coefficient (Wildman–Crippen LogP) is 1.63. The molecule has 1 N–H and O–H groups in total. The van der Waals surface area contributed by atoms with E-state index < -0.39 is 0 Å². The van der Waals surface area contributed by atoms with Gasteiger partial charge in [-0.2, -0.15) is 0 Å². The van der Waals surface area contributed by atoms with Crippen LogP contribution in [-0.2, 0) is 23.7 Å². The Kier molecular flexibility index (Phi) is 13.1. The standard InChI is InChI=1S/C16H34O6/c1-12(7-17)19-9-14(3)21-11-16(5)22-10-15(4)20-8-13(2)18-6/h12-17H,7-11H2,1-6H3. The van der Waals surface area contributed by atoms with Gasteiger partial charge in [-0.15, -0.1) is 0 Å². The zero-order valence-corrected chi connectivity index (χ0v) is 14.9. The van der Waals surface area contributed by atoms with Gasteiger partial charge in [0.15, 0.2) is 0 Å². The highest BCUT2D eigenvalue weighted by Gasteiger charge is 2.11. The molecule has 0 aromatic rings. The summed E-state index contributed by atoms with van der Waals surface area (Å²) in [6.45, 7) is 11.7. The molecule has 0 aromatic heterocycles. The maximum absolute atomic E-state index is 8.88. The number of aliphatic hydroxyl groups is 1. The number of ether oxygens (including phenoxy) is 5. The smallest absolute Gasteiger partial charge is 0.0781 e. The Morgan fingerprint density at radius 3 is 1.23 bits per heavy atom. The lowest BCUT2D eigenvalue weighted by Gasteiger charge is -2.21. The Morgan fingerprint density at radius 1 is 0.591 bits per heavy atom. The SMILES string of the molecule is COC(C)COC(C)COC(C)COC(C)COC(C)CO. The van der Waals surface area contributed by atoms with Crippen molar-refractivity contribution in [3.05, 3.63) is 0 Å².